The van der Waals surface area contributed by atoms with E-state index in [-0.39, 0.29) is 17.8 Å². The maximum atomic E-state index is 13.1. The molecule has 2 heterocycles. The van der Waals surface area contributed by atoms with E-state index in [0.29, 0.717) is 4.88 Å². The van der Waals surface area contributed by atoms with Crippen LogP contribution >= 0.6 is 11.3 Å². The fraction of sp³-hybridized carbons (Fsp3) is 0.316. The number of benzene rings is 1. The number of aryl methyl sites for hydroxylation is 2. The number of carbonyl (C=O) groups is 1. The van der Waals surface area contributed by atoms with Gasteiger partial charge in [0.1, 0.15) is 10.7 Å². The van der Waals surface area contributed by atoms with E-state index in [4.69, 9.17) is 0 Å². The van der Waals surface area contributed by atoms with Crippen molar-refractivity contribution >= 4 is 17.2 Å². The molecule has 1 N–H and O–H groups in total. The number of hydrogen-bond acceptors (Lipinski definition) is 4. The average molecular weight is 372 g/mol. The van der Waals surface area contributed by atoms with E-state index in [2.05, 4.69) is 15.4 Å². The van der Waals surface area contributed by atoms with Gasteiger partial charge < -0.3 is 5.32 Å². The van der Waals surface area contributed by atoms with E-state index in [0.717, 1.165) is 34.1 Å². The van der Waals surface area contributed by atoms with Gasteiger partial charge in [0.15, 0.2) is 0 Å². The Kier molecular flexibility index (Phi) is 5.18. The van der Waals surface area contributed by atoms with Crippen molar-refractivity contribution in [1.29, 1.82) is 0 Å². The standard InChI is InChI=1S/C19H21FN4OS/c1-5-17-22-12(3)18(26-17)19(25)23-11(2)16-10-21-24(13(16)4)15-8-6-14(20)7-9-15/h6-11H,5H2,1-4H3,(H,23,25). The van der Waals surface area contributed by atoms with Gasteiger partial charge in [-0.2, -0.15) is 5.10 Å². The Balaban J connectivity index is 1.80. The molecule has 0 bridgehead atoms. The summed E-state index contributed by atoms with van der Waals surface area (Å²) in [7, 11) is 0. The van der Waals surface area contributed by atoms with Gasteiger partial charge in [-0.1, -0.05) is 6.92 Å². The summed E-state index contributed by atoms with van der Waals surface area (Å²) in [6.45, 7) is 7.73. The lowest BCUT2D eigenvalue weighted by Gasteiger charge is -2.14. The maximum absolute atomic E-state index is 13.1. The third-order valence-electron chi connectivity index (χ3n) is 4.28. The first-order valence-corrected chi connectivity index (χ1v) is 9.30. The summed E-state index contributed by atoms with van der Waals surface area (Å²) < 4.78 is 14.9. The van der Waals surface area contributed by atoms with Gasteiger partial charge in [0.05, 0.1) is 28.6 Å². The highest BCUT2D eigenvalue weighted by atomic mass is 32.1. The fourth-order valence-corrected chi connectivity index (χ4v) is 3.75. The number of halogens is 1. The SMILES string of the molecule is CCc1nc(C)c(C(=O)NC(C)c2cnn(-c3ccc(F)cc3)c2C)s1. The number of nitrogens with one attached hydrogen (secondary N) is 1. The van der Waals surface area contributed by atoms with Gasteiger partial charge in [0.25, 0.3) is 5.91 Å². The van der Waals surface area contributed by atoms with Gasteiger partial charge >= 0.3 is 0 Å². The second-order valence-electron chi connectivity index (χ2n) is 6.14. The molecule has 1 atom stereocenters. The molecule has 0 fully saturated rings. The Morgan fingerprint density at radius 3 is 2.62 bits per heavy atom. The highest BCUT2D eigenvalue weighted by molar-refractivity contribution is 7.13. The van der Waals surface area contributed by atoms with Crippen LogP contribution in [0.3, 0.4) is 0 Å². The molecule has 1 amide bonds. The molecule has 3 aromatic rings. The van der Waals surface area contributed by atoms with Crippen molar-refractivity contribution < 1.29 is 9.18 Å². The largest absolute Gasteiger partial charge is 0.345 e. The first-order chi connectivity index (χ1) is 12.4. The molecule has 3 rings (SSSR count). The normalized spacial score (nSPS) is 12.2. The number of aromatic nitrogens is 3. The van der Waals surface area contributed by atoms with Crippen LogP contribution < -0.4 is 5.32 Å². The summed E-state index contributed by atoms with van der Waals surface area (Å²) in [5.74, 6) is -0.410. The molecule has 0 radical (unpaired) electrons. The van der Waals surface area contributed by atoms with E-state index in [9.17, 15) is 9.18 Å². The highest BCUT2D eigenvalue weighted by Crippen LogP contribution is 2.23. The monoisotopic (exact) mass is 372 g/mol. The molecular formula is C19H21FN4OS. The topological polar surface area (TPSA) is 59.8 Å². The van der Waals surface area contributed by atoms with Crippen molar-refractivity contribution in [2.75, 3.05) is 0 Å². The third kappa shape index (κ3) is 3.53. The Hall–Kier alpha value is -2.54. The molecule has 0 saturated carbocycles. The van der Waals surface area contributed by atoms with E-state index < -0.39 is 0 Å². The van der Waals surface area contributed by atoms with Gasteiger partial charge in [0.2, 0.25) is 0 Å². The van der Waals surface area contributed by atoms with Crippen molar-refractivity contribution in [3.8, 4) is 5.69 Å². The molecule has 0 aliphatic heterocycles. The molecule has 0 aliphatic carbocycles. The van der Waals surface area contributed by atoms with Crippen LogP contribution in [-0.4, -0.2) is 20.7 Å². The summed E-state index contributed by atoms with van der Waals surface area (Å²) in [6, 6.07) is 5.95. The minimum Gasteiger partial charge on any atom is -0.345 e. The molecule has 2 aromatic heterocycles. The summed E-state index contributed by atoms with van der Waals surface area (Å²) in [5.41, 5.74) is 3.36. The third-order valence-corrected chi connectivity index (χ3v) is 5.58. The number of carbonyl (C=O) groups excluding carboxylic acids is 1. The lowest BCUT2D eigenvalue weighted by molar-refractivity contribution is 0.0943. The zero-order chi connectivity index (χ0) is 18.8. The van der Waals surface area contributed by atoms with Crippen molar-refractivity contribution in [3.63, 3.8) is 0 Å². The lowest BCUT2D eigenvalue weighted by atomic mass is 10.1. The maximum Gasteiger partial charge on any atom is 0.263 e. The van der Waals surface area contributed by atoms with Gasteiger partial charge in [0, 0.05) is 11.3 Å². The van der Waals surface area contributed by atoms with Gasteiger partial charge in [-0.05, 0) is 51.5 Å². The average Bonchev–Trinajstić information content (AvgIpc) is 3.18. The number of nitrogens with zero attached hydrogens (tertiary/aromatic N) is 3. The number of amides is 1. The molecule has 5 nitrogen and oxygen atoms in total. The summed E-state index contributed by atoms with van der Waals surface area (Å²) in [4.78, 5) is 17.7. The van der Waals surface area contributed by atoms with E-state index in [1.165, 1.54) is 23.5 Å². The molecule has 7 heteroatoms. The highest BCUT2D eigenvalue weighted by Gasteiger charge is 2.20. The predicted molar refractivity (Wildman–Crippen MR) is 100 cm³/mol. The van der Waals surface area contributed by atoms with Crippen molar-refractivity contribution in [2.45, 2.75) is 40.2 Å². The molecular weight excluding hydrogens is 351 g/mol. The minimum absolute atomic E-state index is 0.124. The Bertz CT molecular complexity index is 930. The van der Waals surface area contributed by atoms with Crippen molar-refractivity contribution in [3.05, 3.63) is 63.1 Å². The predicted octanol–water partition coefficient (Wildman–Crippen LogP) is 4.14. The van der Waals surface area contributed by atoms with Crippen LogP contribution in [0.5, 0.6) is 0 Å². The molecule has 26 heavy (non-hydrogen) atoms. The zero-order valence-electron chi connectivity index (χ0n) is 15.2. The molecule has 1 unspecified atom stereocenters. The van der Waals surface area contributed by atoms with Crippen LogP contribution in [0.15, 0.2) is 30.5 Å². The summed E-state index contributed by atoms with van der Waals surface area (Å²) in [5, 5.41) is 8.37. The van der Waals surface area contributed by atoms with Crippen LogP contribution in [0.4, 0.5) is 4.39 Å². The Morgan fingerprint density at radius 1 is 1.31 bits per heavy atom. The number of hydrogen-bond donors (Lipinski definition) is 1. The second-order valence-corrected chi connectivity index (χ2v) is 7.23. The fourth-order valence-electron chi connectivity index (χ4n) is 2.84. The second kappa shape index (κ2) is 7.37. The first kappa shape index (κ1) is 18.3. The van der Waals surface area contributed by atoms with Gasteiger partial charge in [-0.15, -0.1) is 11.3 Å². The van der Waals surface area contributed by atoms with Crippen molar-refractivity contribution in [2.24, 2.45) is 0 Å². The van der Waals surface area contributed by atoms with Gasteiger partial charge in [-0.3, -0.25) is 4.79 Å². The quantitative estimate of drug-likeness (QED) is 0.732. The van der Waals surface area contributed by atoms with Crippen LogP contribution in [0.1, 0.15) is 51.5 Å². The summed E-state index contributed by atoms with van der Waals surface area (Å²) in [6.07, 6.45) is 2.55. The van der Waals surface area contributed by atoms with Crippen molar-refractivity contribution in [1.82, 2.24) is 20.1 Å². The first-order valence-electron chi connectivity index (χ1n) is 8.48. The minimum atomic E-state index is -0.286. The molecule has 0 saturated heterocycles. The van der Waals surface area contributed by atoms with E-state index >= 15 is 0 Å². The number of rotatable bonds is 5. The van der Waals surface area contributed by atoms with Crippen LogP contribution in [-0.2, 0) is 6.42 Å². The molecule has 0 spiro atoms. The van der Waals surface area contributed by atoms with Crippen LogP contribution in [0.2, 0.25) is 0 Å². The van der Waals surface area contributed by atoms with E-state index in [1.807, 2.05) is 27.7 Å². The Labute approximate surface area is 155 Å². The number of thiazole rings is 1. The molecule has 136 valence electrons. The Morgan fingerprint density at radius 2 is 2.00 bits per heavy atom. The van der Waals surface area contributed by atoms with Gasteiger partial charge in [-0.25, -0.2) is 14.1 Å². The molecule has 1 aromatic carbocycles. The van der Waals surface area contributed by atoms with E-state index in [1.54, 1.807) is 23.0 Å². The lowest BCUT2D eigenvalue weighted by Crippen LogP contribution is -2.26. The zero-order valence-corrected chi connectivity index (χ0v) is 16.0. The van der Waals surface area contributed by atoms with Crippen LogP contribution in [0, 0.1) is 19.7 Å². The summed E-state index contributed by atoms with van der Waals surface area (Å²) >= 11 is 1.43. The smallest absolute Gasteiger partial charge is 0.263 e. The molecule has 0 aliphatic rings. The van der Waals surface area contributed by atoms with Crippen LogP contribution in [0.25, 0.3) is 5.69 Å².